The van der Waals surface area contributed by atoms with Gasteiger partial charge in [0.1, 0.15) is 6.61 Å². The highest BCUT2D eigenvalue weighted by atomic mass is 127. The van der Waals surface area contributed by atoms with Crippen LogP contribution in [0, 0.1) is 10.5 Å². The lowest BCUT2D eigenvalue weighted by Gasteiger charge is -2.15. The molecule has 0 spiro atoms. The minimum Gasteiger partial charge on any atom is -0.490 e. The molecule has 3 aromatic carbocycles. The van der Waals surface area contributed by atoms with Gasteiger partial charge in [-0.2, -0.15) is 0 Å². The van der Waals surface area contributed by atoms with Gasteiger partial charge in [-0.25, -0.2) is 0 Å². The fourth-order valence-electron chi connectivity index (χ4n) is 2.58. The van der Waals surface area contributed by atoms with Crippen molar-refractivity contribution in [2.75, 3.05) is 6.61 Å². The molecule has 5 heteroatoms. The van der Waals surface area contributed by atoms with E-state index in [-0.39, 0.29) is 0 Å². The second-order valence-electron chi connectivity index (χ2n) is 6.27. The Bertz CT molecular complexity index is 954. The van der Waals surface area contributed by atoms with Gasteiger partial charge >= 0.3 is 0 Å². The molecule has 3 nitrogen and oxygen atoms in total. The lowest BCUT2D eigenvalue weighted by Crippen LogP contribution is -2.02. The molecule has 144 valence electrons. The molecule has 3 rings (SSSR count). The van der Waals surface area contributed by atoms with E-state index in [0.29, 0.717) is 13.2 Å². The summed E-state index contributed by atoms with van der Waals surface area (Å²) in [5.41, 5.74) is 4.23. The van der Waals surface area contributed by atoms with Crippen LogP contribution < -0.4 is 9.47 Å². The summed E-state index contributed by atoms with van der Waals surface area (Å²) in [4.78, 5) is 4.56. The van der Waals surface area contributed by atoms with E-state index in [4.69, 9.17) is 9.47 Å². The summed E-state index contributed by atoms with van der Waals surface area (Å²) in [6.45, 7) is 5.10. The van der Waals surface area contributed by atoms with Crippen LogP contribution in [-0.4, -0.2) is 12.8 Å². The maximum Gasteiger partial charge on any atom is 0.175 e. The van der Waals surface area contributed by atoms with Crippen molar-refractivity contribution >= 4 is 50.4 Å². The van der Waals surface area contributed by atoms with Gasteiger partial charge in [-0.3, -0.25) is 4.99 Å². The van der Waals surface area contributed by atoms with Gasteiger partial charge in [0.15, 0.2) is 11.5 Å². The monoisotopic (exact) mass is 549 g/mol. The molecule has 0 aliphatic heterocycles. The van der Waals surface area contributed by atoms with E-state index in [1.165, 1.54) is 5.56 Å². The molecular formula is C23H21BrINO2. The summed E-state index contributed by atoms with van der Waals surface area (Å²) < 4.78 is 14.0. The Hall–Kier alpha value is -1.86. The van der Waals surface area contributed by atoms with Crippen molar-refractivity contribution in [2.45, 2.75) is 20.5 Å². The number of ether oxygens (including phenoxy) is 2. The average Bonchev–Trinajstić information content (AvgIpc) is 2.68. The van der Waals surface area contributed by atoms with Crippen molar-refractivity contribution in [3.05, 3.63) is 85.4 Å². The second-order valence-corrected chi connectivity index (χ2v) is 8.35. The van der Waals surface area contributed by atoms with Crippen LogP contribution in [0.25, 0.3) is 0 Å². The molecule has 0 bridgehead atoms. The minimum atomic E-state index is 0.486. The van der Waals surface area contributed by atoms with E-state index in [1.807, 2.05) is 55.6 Å². The molecule has 0 saturated carbocycles. The number of hydrogen-bond donors (Lipinski definition) is 0. The first kappa shape index (κ1) is 20.9. The van der Waals surface area contributed by atoms with Crippen LogP contribution in [0.1, 0.15) is 23.6 Å². The molecule has 0 N–H and O–H groups in total. The predicted octanol–water partition coefficient (Wildman–Crippen LogP) is 7.09. The number of rotatable bonds is 7. The Balaban J connectivity index is 1.80. The van der Waals surface area contributed by atoms with E-state index in [0.717, 1.165) is 36.4 Å². The third-order valence-corrected chi connectivity index (χ3v) is 5.35. The molecular weight excluding hydrogens is 529 g/mol. The average molecular weight is 550 g/mol. The third kappa shape index (κ3) is 5.82. The Morgan fingerprint density at radius 1 is 1.00 bits per heavy atom. The van der Waals surface area contributed by atoms with Crippen molar-refractivity contribution in [3.8, 4) is 11.5 Å². The van der Waals surface area contributed by atoms with Gasteiger partial charge in [0.2, 0.25) is 0 Å². The molecule has 0 amide bonds. The number of benzene rings is 3. The molecule has 0 unspecified atom stereocenters. The largest absolute Gasteiger partial charge is 0.490 e. The van der Waals surface area contributed by atoms with Crippen LogP contribution in [0.2, 0.25) is 0 Å². The summed E-state index contributed by atoms with van der Waals surface area (Å²) in [5, 5.41) is 0. The van der Waals surface area contributed by atoms with Crippen molar-refractivity contribution in [2.24, 2.45) is 4.99 Å². The molecule has 0 radical (unpaired) electrons. The van der Waals surface area contributed by atoms with Gasteiger partial charge in [-0.05, 0) is 84.0 Å². The van der Waals surface area contributed by atoms with Crippen molar-refractivity contribution in [1.82, 2.24) is 0 Å². The lowest BCUT2D eigenvalue weighted by molar-refractivity contribution is 0.267. The van der Waals surface area contributed by atoms with Crippen molar-refractivity contribution in [1.29, 1.82) is 0 Å². The lowest BCUT2D eigenvalue weighted by atomic mass is 10.2. The summed E-state index contributed by atoms with van der Waals surface area (Å²) in [6, 6.07) is 20.3. The highest BCUT2D eigenvalue weighted by Crippen LogP contribution is 2.34. The Morgan fingerprint density at radius 2 is 1.71 bits per heavy atom. The predicted molar refractivity (Wildman–Crippen MR) is 127 cm³/mol. The first-order valence-corrected chi connectivity index (χ1v) is 10.9. The standard InChI is InChI=1S/C23H21BrINO2/c1-3-27-22-13-18(14-26-20-10-4-16(2)5-11-20)12-21(25)23(22)28-15-17-6-8-19(24)9-7-17/h4-14H,3,15H2,1-2H3. The fraction of sp³-hybridized carbons (Fsp3) is 0.174. The first-order chi connectivity index (χ1) is 13.5. The zero-order chi connectivity index (χ0) is 19.9. The van der Waals surface area contributed by atoms with Gasteiger partial charge in [0.05, 0.1) is 15.9 Å². The van der Waals surface area contributed by atoms with E-state index in [1.54, 1.807) is 0 Å². The second kappa shape index (κ2) is 10.1. The van der Waals surface area contributed by atoms with E-state index in [2.05, 4.69) is 68.6 Å². The SMILES string of the molecule is CCOc1cc(C=Nc2ccc(C)cc2)cc(I)c1OCc1ccc(Br)cc1. The topological polar surface area (TPSA) is 30.8 Å². The molecule has 28 heavy (non-hydrogen) atoms. The first-order valence-electron chi connectivity index (χ1n) is 8.99. The number of halogens is 2. The molecule has 0 fully saturated rings. The highest BCUT2D eigenvalue weighted by molar-refractivity contribution is 14.1. The number of nitrogens with zero attached hydrogens (tertiary/aromatic N) is 1. The quantitative estimate of drug-likeness (QED) is 0.233. The van der Waals surface area contributed by atoms with Gasteiger partial charge in [-0.15, -0.1) is 0 Å². The third-order valence-electron chi connectivity index (χ3n) is 4.02. The Morgan fingerprint density at radius 3 is 2.39 bits per heavy atom. The molecule has 0 heterocycles. The summed E-state index contributed by atoms with van der Waals surface area (Å²) >= 11 is 5.74. The van der Waals surface area contributed by atoms with Crippen LogP contribution in [-0.2, 0) is 6.61 Å². The maximum absolute atomic E-state index is 6.09. The Kier molecular flexibility index (Phi) is 7.50. The van der Waals surface area contributed by atoms with Crippen LogP contribution in [0.4, 0.5) is 5.69 Å². The highest BCUT2D eigenvalue weighted by Gasteiger charge is 2.12. The summed E-state index contributed by atoms with van der Waals surface area (Å²) in [5.74, 6) is 1.50. The van der Waals surface area contributed by atoms with E-state index in [9.17, 15) is 0 Å². The molecule has 0 aliphatic carbocycles. The number of aliphatic imine (C=N–C) groups is 1. The molecule has 3 aromatic rings. The van der Waals surface area contributed by atoms with Crippen LogP contribution in [0.15, 0.2) is 70.1 Å². The van der Waals surface area contributed by atoms with Gasteiger partial charge < -0.3 is 9.47 Å². The fourth-order valence-corrected chi connectivity index (χ4v) is 3.63. The van der Waals surface area contributed by atoms with E-state index < -0.39 is 0 Å². The zero-order valence-corrected chi connectivity index (χ0v) is 19.5. The van der Waals surface area contributed by atoms with Crippen molar-refractivity contribution < 1.29 is 9.47 Å². The zero-order valence-electron chi connectivity index (χ0n) is 15.8. The smallest absolute Gasteiger partial charge is 0.175 e. The van der Waals surface area contributed by atoms with E-state index >= 15 is 0 Å². The number of hydrogen-bond acceptors (Lipinski definition) is 3. The maximum atomic E-state index is 6.09. The van der Waals surface area contributed by atoms with Crippen LogP contribution >= 0.6 is 38.5 Å². The summed E-state index contributed by atoms with van der Waals surface area (Å²) in [6.07, 6.45) is 1.86. The molecule has 0 aliphatic rings. The van der Waals surface area contributed by atoms with Crippen LogP contribution in [0.5, 0.6) is 11.5 Å². The van der Waals surface area contributed by atoms with Gasteiger partial charge in [0.25, 0.3) is 0 Å². The summed E-state index contributed by atoms with van der Waals surface area (Å²) in [7, 11) is 0. The Labute approximate surface area is 188 Å². The molecule has 0 aromatic heterocycles. The molecule has 0 saturated heterocycles. The van der Waals surface area contributed by atoms with Gasteiger partial charge in [-0.1, -0.05) is 45.8 Å². The van der Waals surface area contributed by atoms with Gasteiger partial charge in [0, 0.05) is 10.7 Å². The molecule has 0 atom stereocenters. The van der Waals surface area contributed by atoms with Crippen molar-refractivity contribution in [3.63, 3.8) is 0 Å². The minimum absolute atomic E-state index is 0.486. The normalized spacial score (nSPS) is 11.0. The van der Waals surface area contributed by atoms with Crippen LogP contribution in [0.3, 0.4) is 0 Å². The number of aryl methyl sites for hydroxylation is 1.